The van der Waals surface area contributed by atoms with Crippen molar-refractivity contribution in [2.24, 2.45) is 0 Å². The third-order valence-corrected chi connectivity index (χ3v) is 9.19. The SMILES string of the molecule is C1CSC2CCC[S+]2C1.Cc1ccc(S(=O)(=O)[O-])cc1. The molecular weight excluding hydrogens is 312 g/mol. The van der Waals surface area contributed by atoms with E-state index in [2.05, 4.69) is 11.8 Å². The Morgan fingerprint density at radius 3 is 2.45 bits per heavy atom. The molecule has 2 fully saturated rings. The molecule has 0 amide bonds. The van der Waals surface area contributed by atoms with Crippen molar-refractivity contribution < 1.29 is 13.0 Å². The van der Waals surface area contributed by atoms with Crippen molar-refractivity contribution in [1.82, 2.24) is 0 Å². The number of hydrogen-bond donors (Lipinski definition) is 0. The van der Waals surface area contributed by atoms with E-state index >= 15 is 0 Å². The average molecular weight is 333 g/mol. The summed E-state index contributed by atoms with van der Waals surface area (Å²) in [6.07, 6.45) is 4.57. The van der Waals surface area contributed by atoms with E-state index in [1.807, 2.05) is 6.92 Å². The molecule has 1 aromatic carbocycles. The number of benzene rings is 1. The van der Waals surface area contributed by atoms with Crippen LogP contribution in [0.2, 0.25) is 0 Å². The summed E-state index contributed by atoms with van der Waals surface area (Å²) in [5.41, 5.74) is 0.928. The number of hydrogen-bond acceptors (Lipinski definition) is 4. The lowest BCUT2D eigenvalue weighted by Crippen LogP contribution is -2.22. The first-order chi connectivity index (χ1) is 9.47. The standard InChI is InChI=1S/C7H8O3S.C7H13S2/c1-6-2-4-7(5-3-6)11(8,9)10;1-3-7-8-4-2-6-9(7)5-1/h2-5H,1H3,(H,8,9,10);7H,1-6H2/q;+1/p-1. The molecule has 3 rings (SSSR count). The molecule has 2 saturated heterocycles. The molecule has 3 nitrogen and oxygen atoms in total. The molecule has 6 heteroatoms. The maximum atomic E-state index is 10.4. The molecule has 20 heavy (non-hydrogen) atoms. The highest BCUT2D eigenvalue weighted by atomic mass is 32.2. The Labute approximate surface area is 128 Å². The summed E-state index contributed by atoms with van der Waals surface area (Å²) in [6.45, 7) is 1.82. The van der Waals surface area contributed by atoms with Gasteiger partial charge in [-0.15, -0.1) is 11.8 Å². The van der Waals surface area contributed by atoms with Crippen LogP contribution in [-0.4, -0.2) is 34.8 Å². The summed E-state index contributed by atoms with van der Waals surface area (Å²) in [4.78, 5) is -0.178. The van der Waals surface area contributed by atoms with Crippen molar-refractivity contribution in [3.8, 4) is 0 Å². The molecule has 1 aromatic rings. The van der Waals surface area contributed by atoms with Gasteiger partial charge in [-0.2, -0.15) is 0 Å². The van der Waals surface area contributed by atoms with Gasteiger partial charge in [0.25, 0.3) is 0 Å². The zero-order valence-corrected chi connectivity index (χ0v) is 14.0. The van der Waals surface area contributed by atoms with Crippen molar-refractivity contribution in [2.45, 2.75) is 35.7 Å². The number of thioether (sulfide) groups is 1. The van der Waals surface area contributed by atoms with Crippen LogP contribution in [0.3, 0.4) is 0 Å². The first-order valence-corrected chi connectivity index (χ1v) is 10.9. The Hall–Kier alpha value is -0.170. The van der Waals surface area contributed by atoms with Gasteiger partial charge >= 0.3 is 0 Å². The van der Waals surface area contributed by atoms with Gasteiger partial charge in [0, 0.05) is 29.5 Å². The molecule has 0 aliphatic carbocycles. The van der Waals surface area contributed by atoms with Gasteiger partial charge in [0.05, 0.1) is 4.90 Å². The molecule has 2 aliphatic heterocycles. The van der Waals surface area contributed by atoms with Gasteiger partial charge in [-0.1, -0.05) is 17.7 Å². The second-order valence-electron chi connectivity index (χ2n) is 5.01. The lowest BCUT2D eigenvalue weighted by molar-refractivity contribution is 0.463. The first-order valence-electron chi connectivity index (χ1n) is 6.77. The van der Waals surface area contributed by atoms with Gasteiger partial charge in [0.1, 0.15) is 21.6 Å². The molecule has 0 bridgehead atoms. The number of aryl methyl sites for hydroxylation is 1. The van der Waals surface area contributed by atoms with E-state index in [0.717, 1.165) is 21.0 Å². The van der Waals surface area contributed by atoms with Gasteiger partial charge in [-0.05, 0) is 25.5 Å². The number of rotatable bonds is 1. The van der Waals surface area contributed by atoms with Gasteiger partial charge in [-0.25, -0.2) is 8.42 Å². The van der Waals surface area contributed by atoms with Crippen LogP contribution in [0.1, 0.15) is 24.8 Å². The molecule has 0 radical (unpaired) electrons. The predicted molar refractivity (Wildman–Crippen MR) is 86.3 cm³/mol. The molecule has 0 saturated carbocycles. The van der Waals surface area contributed by atoms with Crippen molar-refractivity contribution in [2.75, 3.05) is 17.3 Å². The second kappa shape index (κ2) is 7.20. The predicted octanol–water partition coefficient (Wildman–Crippen LogP) is 2.76. The van der Waals surface area contributed by atoms with E-state index in [0.29, 0.717) is 0 Å². The third-order valence-electron chi connectivity index (χ3n) is 3.38. The van der Waals surface area contributed by atoms with Gasteiger partial charge < -0.3 is 4.55 Å². The smallest absolute Gasteiger partial charge is 0.163 e. The van der Waals surface area contributed by atoms with E-state index in [4.69, 9.17) is 0 Å². The largest absolute Gasteiger partial charge is 0.744 e. The molecule has 0 aromatic heterocycles. The highest BCUT2D eigenvalue weighted by Crippen LogP contribution is 2.35. The molecule has 112 valence electrons. The zero-order chi connectivity index (χ0) is 14.6. The molecule has 2 heterocycles. The fourth-order valence-electron chi connectivity index (χ4n) is 2.31. The Bertz CT molecular complexity index is 513. The van der Waals surface area contributed by atoms with Crippen LogP contribution < -0.4 is 0 Å². The van der Waals surface area contributed by atoms with Crippen molar-refractivity contribution in [3.63, 3.8) is 0 Å². The minimum absolute atomic E-state index is 0.178. The van der Waals surface area contributed by atoms with Crippen molar-refractivity contribution in [3.05, 3.63) is 29.8 Å². The van der Waals surface area contributed by atoms with Gasteiger partial charge in [0.2, 0.25) is 0 Å². The maximum absolute atomic E-state index is 10.4. The minimum atomic E-state index is -4.27. The second-order valence-corrected chi connectivity index (χ2v) is 10.5. The maximum Gasteiger partial charge on any atom is 0.163 e. The van der Waals surface area contributed by atoms with E-state index in [-0.39, 0.29) is 4.90 Å². The lowest BCUT2D eigenvalue weighted by Gasteiger charge is -2.15. The Kier molecular flexibility index (Phi) is 5.84. The van der Waals surface area contributed by atoms with Crippen LogP contribution in [0.25, 0.3) is 0 Å². The summed E-state index contributed by atoms with van der Waals surface area (Å²) in [5.74, 6) is 4.59. The van der Waals surface area contributed by atoms with Crippen LogP contribution in [0.4, 0.5) is 0 Å². The summed E-state index contributed by atoms with van der Waals surface area (Å²) in [5, 5.41) is 0. The highest BCUT2D eigenvalue weighted by molar-refractivity contribution is 8.16. The molecule has 2 unspecified atom stereocenters. The van der Waals surface area contributed by atoms with Gasteiger partial charge in [-0.3, -0.25) is 0 Å². The van der Waals surface area contributed by atoms with E-state index in [9.17, 15) is 13.0 Å². The quantitative estimate of drug-likeness (QED) is 0.586. The molecular formula is C14H20O3S3. The molecule has 0 N–H and O–H groups in total. The third kappa shape index (κ3) is 4.69. The molecule has 2 atom stereocenters. The first kappa shape index (κ1) is 16.2. The van der Waals surface area contributed by atoms with Crippen LogP contribution in [0, 0.1) is 6.92 Å². The Balaban J connectivity index is 0.000000149. The van der Waals surface area contributed by atoms with Crippen molar-refractivity contribution >= 4 is 32.8 Å². The van der Waals surface area contributed by atoms with E-state index in [1.54, 1.807) is 23.6 Å². The van der Waals surface area contributed by atoms with Crippen LogP contribution in [0.15, 0.2) is 29.2 Å². The normalized spacial score (nSPS) is 25.5. The van der Waals surface area contributed by atoms with Crippen LogP contribution in [0.5, 0.6) is 0 Å². The highest BCUT2D eigenvalue weighted by Gasteiger charge is 2.38. The molecule has 2 aliphatic rings. The van der Waals surface area contributed by atoms with E-state index < -0.39 is 10.1 Å². The van der Waals surface area contributed by atoms with Crippen LogP contribution >= 0.6 is 11.8 Å². The minimum Gasteiger partial charge on any atom is -0.744 e. The average Bonchev–Trinajstić information content (AvgIpc) is 2.87. The molecule has 0 spiro atoms. The summed E-state index contributed by atoms with van der Waals surface area (Å²) < 4.78 is 32.3. The zero-order valence-electron chi connectivity index (χ0n) is 11.6. The van der Waals surface area contributed by atoms with Crippen molar-refractivity contribution in [1.29, 1.82) is 0 Å². The van der Waals surface area contributed by atoms with E-state index in [1.165, 1.54) is 37.1 Å². The Morgan fingerprint density at radius 2 is 1.85 bits per heavy atom. The lowest BCUT2D eigenvalue weighted by atomic mass is 10.2. The summed E-state index contributed by atoms with van der Waals surface area (Å²) in [7, 11) is -3.39. The Morgan fingerprint density at radius 1 is 1.20 bits per heavy atom. The fraction of sp³-hybridized carbons (Fsp3) is 0.571. The van der Waals surface area contributed by atoms with Crippen LogP contribution in [-0.2, 0) is 21.0 Å². The monoisotopic (exact) mass is 332 g/mol. The van der Waals surface area contributed by atoms with Gasteiger partial charge in [0.15, 0.2) is 4.58 Å². The topological polar surface area (TPSA) is 57.2 Å². The fourth-order valence-corrected chi connectivity index (χ4v) is 7.79. The summed E-state index contributed by atoms with van der Waals surface area (Å²) in [6, 6.07) is 5.78. The summed E-state index contributed by atoms with van der Waals surface area (Å²) >= 11 is 2.25. The number of fused-ring (bicyclic) bond motifs is 1.